The highest BCUT2D eigenvalue weighted by atomic mass is 16.2. The third-order valence-electron chi connectivity index (χ3n) is 6.68. The van der Waals surface area contributed by atoms with Gasteiger partial charge in [-0.15, -0.1) is 0 Å². The van der Waals surface area contributed by atoms with Crippen LogP contribution in [0.5, 0.6) is 0 Å². The minimum Gasteiger partial charge on any atom is -0.342 e. The van der Waals surface area contributed by atoms with Crippen LogP contribution in [-0.4, -0.2) is 58.0 Å². The number of carbonyl (C=O) groups is 2. The molecule has 1 spiro atoms. The number of carbonyl (C=O) groups excluding carboxylic acids is 2. The summed E-state index contributed by atoms with van der Waals surface area (Å²) in [6, 6.07) is 0. The van der Waals surface area contributed by atoms with Gasteiger partial charge in [-0.25, -0.2) is 0 Å². The Bertz CT molecular complexity index is 726. The molecule has 6 nitrogen and oxygen atoms in total. The summed E-state index contributed by atoms with van der Waals surface area (Å²) in [6.07, 6.45) is 7.79. The van der Waals surface area contributed by atoms with Crippen molar-refractivity contribution in [2.45, 2.75) is 65.2 Å². The average molecular weight is 373 g/mol. The highest BCUT2D eigenvalue weighted by molar-refractivity contribution is 5.94. The summed E-state index contributed by atoms with van der Waals surface area (Å²) in [4.78, 5) is 29.6. The van der Waals surface area contributed by atoms with Crippen LogP contribution in [0.1, 0.15) is 74.1 Å². The van der Waals surface area contributed by atoms with Crippen LogP contribution in [0.25, 0.3) is 0 Å². The van der Waals surface area contributed by atoms with Gasteiger partial charge >= 0.3 is 0 Å². The van der Waals surface area contributed by atoms with Crippen LogP contribution in [-0.2, 0) is 17.6 Å². The minimum absolute atomic E-state index is 0.0677. The molecule has 3 heterocycles. The van der Waals surface area contributed by atoms with E-state index in [-0.39, 0.29) is 17.2 Å². The van der Waals surface area contributed by atoms with Gasteiger partial charge in [0.2, 0.25) is 5.91 Å². The van der Waals surface area contributed by atoms with E-state index >= 15 is 0 Å². The molecular weight excluding hydrogens is 340 g/mol. The lowest BCUT2D eigenvalue weighted by atomic mass is 9.73. The molecule has 0 bridgehead atoms. The quantitative estimate of drug-likeness (QED) is 0.884. The van der Waals surface area contributed by atoms with Gasteiger partial charge in [0.1, 0.15) is 0 Å². The standard InChI is InChI=1S/C21H32N4O2/c1-15(2)8-12-24-13-21(10-7-18(24)26)9-4-11-25(14-21)20(27)19-16-5-3-6-17(16)22-23-19/h15H,3-14H2,1-2H3,(H,22,23)/t21-/m0/s1. The van der Waals surface area contributed by atoms with E-state index < -0.39 is 0 Å². The number of fused-ring (bicyclic) bond motifs is 1. The lowest BCUT2D eigenvalue weighted by molar-refractivity contribution is -0.139. The lowest BCUT2D eigenvalue weighted by Gasteiger charge is -2.48. The number of rotatable bonds is 4. The van der Waals surface area contributed by atoms with Gasteiger partial charge in [-0.05, 0) is 50.9 Å². The van der Waals surface area contributed by atoms with Crippen molar-refractivity contribution in [1.82, 2.24) is 20.0 Å². The molecule has 0 radical (unpaired) electrons. The number of aryl methyl sites for hydroxylation is 1. The summed E-state index contributed by atoms with van der Waals surface area (Å²) in [7, 11) is 0. The number of likely N-dealkylation sites (tertiary alicyclic amines) is 2. The Hall–Kier alpha value is -1.85. The van der Waals surface area contributed by atoms with Crippen LogP contribution in [0.3, 0.4) is 0 Å². The van der Waals surface area contributed by atoms with E-state index in [0.717, 1.165) is 82.4 Å². The maximum atomic E-state index is 13.2. The predicted octanol–water partition coefficient (Wildman–Crippen LogP) is 2.79. The Morgan fingerprint density at radius 1 is 1.19 bits per heavy atom. The number of hydrogen-bond acceptors (Lipinski definition) is 3. The number of nitrogens with zero attached hydrogens (tertiary/aromatic N) is 3. The Labute approximate surface area is 161 Å². The van der Waals surface area contributed by atoms with Crippen LogP contribution in [0, 0.1) is 11.3 Å². The molecule has 6 heteroatoms. The van der Waals surface area contributed by atoms with Crippen LogP contribution >= 0.6 is 0 Å². The Kier molecular flexibility index (Phi) is 4.99. The summed E-state index contributed by atoms with van der Waals surface area (Å²) >= 11 is 0. The summed E-state index contributed by atoms with van der Waals surface area (Å²) in [5.74, 6) is 0.968. The highest BCUT2D eigenvalue weighted by Gasteiger charge is 2.43. The second-order valence-corrected chi connectivity index (χ2v) is 9.21. The van der Waals surface area contributed by atoms with Gasteiger partial charge < -0.3 is 9.80 Å². The fourth-order valence-electron chi connectivity index (χ4n) is 5.08. The Balaban J connectivity index is 1.46. The van der Waals surface area contributed by atoms with E-state index in [2.05, 4.69) is 28.9 Å². The molecule has 1 N–H and O–H groups in total. The molecule has 2 aliphatic heterocycles. The Morgan fingerprint density at radius 3 is 2.85 bits per heavy atom. The first kappa shape index (κ1) is 18.5. The van der Waals surface area contributed by atoms with Crippen molar-refractivity contribution in [3.05, 3.63) is 17.0 Å². The average Bonchev–Trinajstić information content (AvgIpc) is 3.26. The maximum Gasteiger partial charge on any atom is 0.274 e. The van der Waals surface area contributed by atoms with Crippen molar-refractivity contribution < 1.29 is 9.59 Å². The van der Waals surface area contributed by atoms with Gasteiger partial charge in [0.25, 0.3) is 5.91 Å². The predicted molar refractivity (Wildman–Crippen MR) is 103 cm³/mol. The molecule has 27 heavy (non-hydrogen) atoms. The van der Waals surface area contributed by atoms with Crippen LogP contribution in [0.4, 0.5) is 0 Å². The zero-order valence-electron chi connectivity index (χ0n) is 16.7. The van der Waals surface area contributed by atoms with E-state index in [1.807, 2.05) is 4.90 Å². The van der Waals surface area contributed by atoms with E-state index in [1.165, 1.54) is 0 Å². The van der Waals surface area contributed by atoms with Gasteiger partial charge in [-0.1, -0.05) is 13.8 Å². The molecule has 4 rings (SSSR count). The summed E-state index contributed by atoms with van der Waals surface area (Å²) < 4.78 is 0. The third kappa shape index (κ3) is 3.63. The molecule has 0 saturated carbocycles. The second-order valence-electron chi connectivity index (χ2n) is 9.21. The number of nitrogens with one attached hydrogen (secondary N) is 1. The molecule has 1 aromatic heterocycles. The number of piperidine rings is 2. The number of aromatic nitrogens is 2. The Morgan fingerprint density at radius 2 is 2.04 bits per heavy atom. The van der Waals surface area contributed by atoms with Crippen molar-refractivity contribution in [3.63, 3.8) is 0 Å². The zero-order chi connectivity index (χ0) is 19.0. The van der Waals surface area contributed by atoms with Gasteiger partial charge in [0.05, 0.1) is 0 Å². The van der Waals surface area contributed by atoms with E-state index in [0.29, 0.717) is 18.0 Å². The summed E-state index contributed by atoms with van der Waals surface area (Å²) in [5.41, 5.74) is 2.99. The summed E-state index contributed by atoms with van der Waals surface area (Å²) in [5, 5.41) is 7.41. The highest BCUT2D eigenvalue weighted by Crippen LogP contribution is 2.39. The van der Waals surface area contributed by atoms with Crippen molar-refractivity contribution in [3.8, 4) is 0 Å². The lowest BCUT2D eigenvalue weighted by Crippen LogP contribution is -2.55. The molecule has 3 aliphatic rings. The molecule has 0 unspecified atom stereocenters. The van der Waals surface area contributed by atoms with Crippen molar-refractivity contribution in [2.24, 2.45) is 11.3 Å². The molecule has 1 aromatic rings. The monoisotopic (exact) mass is 372 g/mol. The smallest absolute Gasteiger partial charge is 0.274 e. The van der Waals surface area contributed by atoms with Gasteiger partial charge in [0.15, 0.2) is 5.69 Å². The topological polar surface area (TPSA) is 69.3 Å². The summed E-state index contributed by atoms with van der Waals surface area (Å²) in [6.45, 7) is 7.63. The van der Waals surface area contributed by atoms with Crippen LogP contribution in [0.2, 0.25) is 0 Å². The van der Waals surface area contributed by atoms with E-state index in [4.69, 9.17) is 0 Å². The van der Waals surface area contributed by atoms with Gasteiger partial charge in [-0.3, -0.25) is 14.7 Å². The van der Waals surface area contributed by atoms with Crippen molar-refractivity contribution in [2.75, 3.05) is 26.2 Å². The molecule has 1 atom stereocenters. The molecule has 1 aliphatic carbocycles. The fourth-order valence-corrected chi connectivity index (χ4v) is 5.08. The normalized spacial score (nSPS) is 25.5. The minimum atomic E-state index is 0.0677. The van der Waals surface area contributed by atoms with Crippen molar-refractivity contribution in [1.29, 1.82) is 0 Å². The van der Waals surface area contributed by atoms with E-state index in [9.17, 15) is 9.59 Å². The molecule has 2 fully saturated rings. The van der Waals surface area contributed by atoms with Crippen LogP contribution < -0.4 is 0 Å². The van der Waals surface area contributed by atoms with Crippen molar-refractivity contribution >= 4 is 11.8 Å². The van der Waals surface area contributed by atoms with Gasteiger partial charge in [0, 0.05) is 49.3 Å². The maximum absolute atomic E-state index is 13.2. The number of aromatic amines is 1. The molecule has 0 aromatic carbocycles. The first-order chi connectivity index (χ1) is 13.0. The fraction of sp³-hybridized carbons (Fsp3) is 0.762. The SMILES string of the molecule is CC(C)CCN1C[C@]2(CCCN(C(=O)c3n[nH]c4c3CCC4)C2)CCC1=O. The number of H-pyrrole nitrogens is 1. The molecular formula is C21H32N4O2. The van der Waals surface area contributed by atoms with Crippen LogP contribution in [0.15, 0.2) is 0 Å². The molecule has 148 valence electrons. The third-order valence-corrected chi connectivity index (χ3v) is 6.68. The molecule has 2 amide bonds. The second kappa shape index (κ2) is 7.28. The first-order valence-electron chi connectivity index (χ1n) is 10.6. The van der Waals surface area contributed by atoms with Gasteiger partial charge in [-0.2, -0.15) is 5.10 Å². The molecule has 2 saturated heterocycles. The number of amides is 2. The zero-order valence-corrected chi connectivity index (χ0v) is 16.7. The largest absolute Gasteiger partial charge is 0.342 e. The number of hydrogen-bond donors (Lipinski definition) is 1. The van der Waals surface area contributed by atoms with E-state index in [1.54, 1.807) is 0 Å². The first-order valence-corrected chi connectivity index (χ1v) is 10.6.